The van der Waals surface area contributed by atoms with Gasteiger partial charge in [-0.3, -0.25) is 0 Å². The zero-order valence-corrected chi connectivity index (χ0v) is 17.3. The monoisotopic (exact) mass is 447 g/mol. The Kier molecular flexibility index (Phi) is 8.68. The highest BCUT2D eigenvalue weighted by Gasteiger charge is 2.08. The van der Waals surface area contributed by atoms with Crippen LogP contribution in [0.1, 0.15) is 41.7 Å². The van der Waals surface area contributed by atoms with Crippen molar-refractivity contribution in [3.63, 3.8) is 0 Å². The fourth-order valence-corrected chi connectivity index (χ4v) is 3.06. The van der Waals surface area contributed by atoms with Gasteiger partial charge in [0, 0.05) is 29.4 Å². The van der Waals surface area contributed by atoms with Crippen molar-refractivity contribution in [1.29, 1.82) is 0 Å². The van der Waals surface area contributed by atoms with Crippen LogP contribution in [-0.4, -0.2) is 19.0 Å². The summed E-state index contributed by atoms with van der Waals surface area (Å²) >= 11 is 1.80. The minimum absolute atomic E-state index is 0. The Hall–Kier alpha value is -1.02. The molecule has 0 aliphatic rings. The summed E-state index contributed by atoms with van der Waals surface area (Å²) in [4.78, 5) is 6.04. The molecule has 1 unspecified atom stereocenters. The smallest absolute Gasteiger partial charge is 0.191 e. The zero-order chi connectivity index (χ0) is 15.9. The lowest BCUT2D eigenvalue weighted by atomic mass is 10.1. The number of hydrogen-bond acceptors (Lipinski definition) is 3. The molecule has 2 heterocycles. The van der Waals surface area contributed by atoms with E-state index in [0.717, 1.165) is 36.1 Å². The molecule has 0 bridgehead atoms. The van der Waals surface area contributed by atoms with Gasteiger partial charge in [0.25, 0.3) is 0 Å². The second-order valence-electron chi connectivity index (χ2n) is 5.43. The van der Waals surface area contributed by atoms with E-state index in [1.54, 1.807) is 11.3 Å². The molecule has 0 amide bonds. The third-order valence-electron chi connectivity index (χ3n) is 3.50. The number of halogens is 1. The lowest BCUT2D eigenvalue weighted by Gasteiger charge is -2.15. The molecule has 0 aliphatic carbocycles. The summed E-state index contributed by atoms with van der Waals surface area (Å²) in [7, 11) is 0. The first-order valence-electron chi connectivity index (χ1n) is 7.71. The van der Waals surface area contributed by atoms with Gasteiger partial charge >= 0.3 is 0 Å². The van der Waals surface area contributed by atoms with Gasteiger partial charge in [0.1, 0.15) is 11.5 Å². The zero-order valence-electron chi connectivity index (χ0n) is 14.2. The van der Waals surface area contributed by atoms with E-state index >= 15 is 0 Å². The Morgan fingerprint density at radius 2 is 2.13 bits per heavy atom. The first-order valence-corrected chi connectivity index (χ1v) is 8.59. The van der Waals surface area contributed by atoms with Crippen LogP contribution >= 0.6 is 35.3 Å². The van der Waals surface area contributed by atoms with E-state index in [4.69, 9.17) is 4.42 Å². The van der Waals surface area contributed by atoms with Crippen LogP contribution < -0.4 is 10.6 Å². The first kappa shape index (κ1) is 20.0. The summed E-state index contributed by atoms with van der Waals surface area (Å²) in [5.41, 5.74) is 1.14. The molecule has 0 aromatic carbocycles. The van der Waals surface area contributed by atoms with Crippen molar-refractivity contribution in [2.45, 2.75) is 40.2 Å². The van der Waals surface area contributed by atoms with Gasteiger partial charge in [-0.15, -0.1) is 35.3 Å². The fourth-order valence-electron chi connectivity index (χ4n) is 2.27. The molecule has 2 aromatic heterocycles. The predicted octanol–water partition coefficient (Wildman–Crippen LogP) is 4.43. The summed E-state index contributed by atoms with van der Waals surface area (Å²) in [5, 5.41) is 8.83. The fraction of sp³-hybridized carbons (Fsp3) is 0.471. The van der Waals surface area contributed by atoms with Crippen LogP contribution in [0, 0.1) is 13.8 Å². The summed E-state index contributed by atoms with van der Waals surface area (Å²) in [5.74, 6) is 3.21. The molecule has 128 valence electrons. The van der Waals surface area contributed by atoms with Gasteiger partial charge in [0.05, 0.1) is 6.54 Å². The number of furan rings is 1. The van der Waals surface area contributed by atoms with Crippen molar-refractivity contribution in [3.05, 3.63) is 45.5 Å². The second kappa shape index (κ2) is 9.97. The number of aliphatic imine (C=N–C) groups is 1. The van der Waals surface area contributed by atoms with Crippen molar-refractivity contribution >= 4 is 41.3 Å². The minimum Gasteiger partial charge on any atom is -0.466 e. The van der Waals surface area contributed by atoms with Crippen molar-refractivity contribution < 1.29 is 4.42 Å². The Morgan fingerprint density at radius 3 is 2.70 bits per heavy atom. The Bertz CT molecular complexity index is 607. The van der Waals surface area contributed by atoms with E-state index in [1.807, 2.05) is 13.8 Å². The van der Waals surface area contributed by atoms with E-state index in [-0.39, 0.29) is 24.0 Å². The first-order chi connectivity index (χ1) is 10.6. The normalized spacial score (nSPS) is 12.6. The third kappa shape index (κ3) is 6.18. The van der Waals surface area contributed by atoms with Crippen LogP contribution in [0.25, 0.3) is 0 Å². The molecular formula is C17H26IN3OS. The van der Waals surface area contributed by atoms with E-state index in [1.165, 1.54) is 4.88 Å². The molecule has 0 saturated carbocycles. The van der Waals surface area contributed by atoms with Crippen LogP contribution in [0.2, 0.25) is 0 Å². The van der Waals surface area contributed by atoms with Crippen molar-refractivity contribution in [1.82, 2.24) is 10.6 Å². The summed E-state index contributed by atoms with van der Waals surface area (Å²) < 4.78 is 5.55. The van der Waals surface area contributed by atoms with Crippen LogP contribution in [0.3, 0.4) is 0 Å². The topological polar surface area (TPSA) is 49.6 Å². The molecule has 0 fully saturated rings. The van der Waals surface area contributed by atoms with Crippen molar-refractivity contribution in [2.24, 2.45) is 4.99 Å². The van der Waals surface area contributed by atoms with E-state index in [2.05, 4.69) is 53.1 Å². The standard InChI is InChI=1S/C17H25N3OS.HI/c1-5-18-17(19-10-12(2)16-7-6-8-22-16)20-11-15-9-13(3)21-14(15)4;/h6-9,12H,5,10-11H2,1-4H3,(H2,18,19,20);1H. The number of nitrogens with zero attached hydrogens (tertiary/aromatic N) is 1. The number of hydrogen-bond donors (Lipinski definition) is 2. The minimum atomic E-state index is 0. The van der Waals surface area contributed by atoms with Crippen LogP contribution in [0.5, 0.6) is 0 Å². The number of thiophene rings is 1. The molecule has 4 nitrogen and oxygen atoms in total. The maximum absolute atomic E-state index is 5.55. The highest BCUT2D eigenvalue weighted by atomic mass is 127. The Morgan fingerprint density at radius 1 is 1.35 bits per heavy atom. The van der Waals surface area contributed by atoms with Crippen LogP contribution in [0.15, 0.2) is 33.0 Å². The molecule has 23 heavy (non-hydrogen) atoms. The average molecular weight is 447 g/mol. The molecule has 0 aliphatic heterocycles. The SMILES string of the molecule is CCNC(=NCc1cc(C)oc1C)NCC(C)c1cccs1.I. The van der Waals surface area contributed by atoms with Gasteiger partial charge < -0.3 is 15.1 Å². The summed E-state index contributed by atoms with van der Waals surface area (Å²) in [6, 6.07) is 6.33. The highest BCUT2D eigenvalue weighted by Crippen LogP contribution is 2.19. The van der Waals surface area contributed by atoms with Gasteiger partial charge in [0.15, 0.2) is 5.96 Å². The molecule has 2 N–H and O–H groups in total. The van der Waals surface area contributed by atoms with E-state index in [0.29, 0.717) is 12.5 Å². The Balaban J connectivity index is 0.00000264. The predicted molar refractivity (Wildman–Crippen MR) is 109 cm³/mol. The van der Waals surface area contributed by atoms with Crippen LogP contribution in [-0.2, 0) is 6.54 Å². The molecule has 0 radical (unpaired) electrons. The molecule has 0 spiro atoms. The largest absolute Gasteiger partial charge is 0.466 e. The lowest BCUT2D eigenvalue weighted by Crippen LogP contribution is -2.39. The lowest BCUT2D eigenvalue weighted by molar-refractivity contribution is 0.501. The number of rotatable bonds is 6. The van der Waals surface area contributed by atoms with Gasteiger partial charge in [-0.05, 0) is 38.3 Å². The maximum Gasteiger partial charge on any atom is 0.191 e. The highest BCUT2D eigenvalue weighted by molar-refractivity contribution is 14.0. The maximum atomic E-state index is 5.55. The van der Waals surface area contributed by atoms with Gasteiger partial charge in [-0.25, -0.2) is 4.99 Å². The number of aryl methyl sites for hydroxylation is 2. The third-order valence-corrected chi connectivity index (χ3v) is 4.60. The average Bonchev–Trinajstić information content (AvgIpc) is 3.11. The van der Waals surface area contributed by atoms with Crippen LogP contribution in [0.4, 0.5) is 0 Å². The van der Waals surface area contributed by atoms with Gasteiger partial charge in [-0.1, -0.05) is 13.0 Å². The summed E-state index contributed by atoms with van der Waals surface area (Å²) in [6.45, 7) is 10.6. The number of guanidine groups is 1. The van der Waals surface area contributed by atoms with Gasteiger partial charge in [0.2, 0.25) is 0 Å². The Labute approximate surface area is 159 Å². The molecule has 0 saturated heterocycles. The molecule has 1 atom stereocenters. The molecular weight excluding hydrogens is 421 g/mol. The van der Waals surface area contributed by atoms with Crippen molar-refractivity contribution in [3.8, 4) is 0 Å². The van der Waals surface area contributed by atoms with E-state index < -0.39 is 0 Å². The quantitative estimate of drug-likeness (QED) is 0.391. The molecule has 2 rings (SSSR count). The molecule has 2 aromatic rings. The van der Waals surface area contributed by atoms with Crippen molar-refractivity contribution in [2.75, 3.05) is 13.1 Å². The number of nitrogens with one attached hydrogen (secondary N) is 2. The van der Waals surface area contributed by atoms with Gasteiger partial charge in [-0.2, -0.15) is 0 Å². The summed E-state index contributed by atoms with van der Waals surface area (Å²) in [6.07, 6.45) is 0. The molecule has 6 heteroatoms. The van der Waals surface area contributed by atoms with E-state index in [9.17, 15) is 0 Å². The second-order valence-corrected chi connectivity index (χ2v) is 6.41.